The molecule has 4 nitrogen and oxygen atoms in total. The fourth-order valence-corrected chi connectivity index (χ4v) is 2.37. The van der Waals surface area contributed by atoms with Gasteiger partial charge in [0.25, 0.3) is 0 Å². The Labute approximate surface area is 135 Å². The average Bonchev–Trinajstić information content (AvgIpc) is 2.93. The third-order valence-electron chi connectivity index (χ3n) is 3.68. The maximum absolute atomic E-state index is 9.52. The van der Waals surface area contributed by atoms with Gasteiger partial charge in [-0.15, -0.1) is 0 Å². The SMILES string of the molecule is Cc1ccc(O)cc1OCCc1nc(-c2ccccc2)oc1C. The molecular formula is C19H19NO3. The van der Waals surface area contributed by atoms with Gasteiger partial charge in [0.1, 0.15) is 17.3 Å². The summed E-state index contributed by atoms with van der Waals surface area (Å²) in [5.74, 6) is 2.33. The molecule has 118 valence electrons. The molecule has 3 rings (SSSR count). The number of aromatic nitrogens is 1. The van der Waals surface area contributed by atoms with E-state index in [4.69, 9.17) is 9.15 Å². The number of benzene rings is 2. The minimum Gasteiger partial charge on any atom is -0.508 e. The molecule has 1 heterocycles. The Balaban J connectivity index is 1.67. The summed E-state index contributed by atoms with van der Waals surface area (Å²) in [5, 5.41) is 9.52. The Bertz CT molecular complexity index is 794. The second-order valence-corrected chi connectivity index (χ2v) is 5.44. The third kappa shape index (κ3) is 3.54. The van der Waals surface area contributed by atoms with Gasteiger partial charge in [0, 0.05) is 18.1 Å². The van der Waals surface area contributed by atoms with E-state index in [1.807, 2.05) is 50.2 Å². The second-order valence-electron chi connectivity index (χ2n) is 5.44. The molecule has 0 saturated heterocycles. The maximum atomic E-state index is 9.52. The zero-order chi connectivity index (χ0) is 16.2. The molecule has 1 aromatic heterocycles. The van der Waals surface area contributed by atoms with Crippen molar-refractivity contribution >= 4 is 0 Å². The van der Waals surface area contributed by atoms with Crippen LogP contribution in [-0.2, 0) is 6.42 Å². The van der Waals surface area contributed by atoms with Crippen LogP contribution >= 0.6 is 0 Å². The second kappa shape index (κ2) is 6.57. The molecule has 0 atom stereocenters. The van der Waals surface area contributed by atoms with Gasteiger partial charge < -0.3 is 14.3 Å². The number of rotatable bonds is 5. The third-order valence-corrected chi connectivity index (χ3v) is 3.68. The van der Waals surface area contributed by atoms with E-state index in [1.54, 1.807) is 12.1 Å². The number of nitrogens with zero attached hydrogens (tertiary/aromatic N) is 1. The van der Waals surface area contributed by atoms with Crippen LogP contribution < -0.4 is 4.74 Å². The van der Waals surface area contributed by atoms with Gasteiger partial charge >= 0.3 is 0 Å². The first-order valence-corrected chi connectivity index (χ1v) is 7.57. The number of hydrogen-bond donors (Lipinski definition) is 1. The predicted molar refractivity (Wildman–Crippen MR) is 88.7 cm³/mol. The number of ether oxygens (including phenoxy) is 1. The van der Waals surface area contributed by atoms with Crippen molar-refractivity contribution in [2.45, 2.75) is 20.3 Å². The normalized spacial score (nSPS) is 10.7. The van der Waals surface area contributed by atoms with Gasteiger partial charge in [-0.05, 0) is 37.6 Å². The van der Waals surface area contributed by atoms with E-state index in [-0.39, 0.29) is 5.75 Å². The van der Waals surface area contributed by atoms with Crippen LogP contribution in [0.2, 0.25) is 0 Å². The number of aryl methyl sites for hydroxylation is 2. The topological polar surface area (TPSA) is 55.5 Å². The van der Waals surface area contributed by atoms with E-state index in [1.165, 1.54) is 0 Å². The fraction of sp³-hybridized carbons (Fsp3) is 0.211. The molecule has 4 heteroatoms. The van der Waals surface area contributed by atoms with Gasteiger partial charge in [-0.2, -0.15) is 0 Å². The quantitative estimate of drug-likeness (QED) is 0.764. The summed E-state index contributed by atoms with van der Waals surface area (Å²) in [7, 11) is 0. The summed E-state index contributed by atoms with van der Waals surface area (Å²) in [6.07, 6.45) is 0.650. The van der Waals surface area contributed by atoms with Gasteiger partial charge in [0.15, 0.2) is 0 Å². The Morgan fingerprint density at radius 3 is 2.65 bits per heavy atom. The molecular weight excluding hydrogens is 290 g/mol. The van der Waals surface area contributed by atoms with Crippen molar-refractivity contribution in [1.82, 2.24) is 4.98 Å². The van der Waals surface area contributed by atoms with Gasteiger partial charge in [-0.25, -0.2) is 4.98 Å². The zero-order valence-corrected chi connectivity index (χ0v) is 13.2. The van der Waals surface area contributed by atoms with Crippen LogP contribution in [0.1, 0.15) is 17.0 Å². The molecule has 0 bridgehead atoms. The van der Waals surface area contributed by atoms with Crippen molar-refractivity contribution in [2.24, 2.45) is 0 Å². The highest BCUT2D eigenvalue weighted by Gasteiger charge is 2.11. The summed E-state index contributed by atoms with van der Waals surface area (Å²) in [6.45, 7) is 4.34. The van der Waals surface area contributed by atoms with E-state index >= 15 is 0 Å². The van der Waals surface area contributed by atoms with Crippen molar-refractivity contribution in [1.29, 1.82) is 0 Å². The molecule has 23 heavy (non-hydrogen) atoms. The van der Waals surface area contributed by atoms with Crippen molar-refractivity contribution < 1.29 is 14.3 Å². The molecule has 3 aromatic rings. The van der Waals surface area contributed by atoms with Gasteiger partial charge in [-0.3, -0.25) is 0 Å². The van der Waals surface area contributed by atoms with Crippen LogP contribution in [0.5, 0.6) is 11.5 Å². The lowest BCUT2D eigenvalue weighted by atomic mass is 10.2. The minimum absolute atomic E-state index is 0.203. The molecule has 0 saturated carbocycles. The van der Waals surface area contributed by atoms with E-state index in [0.29, 0.717) is 24.7 Å². The van der Waals surface area contributed by atoms with Gasteiger partial charge in [0.05, 0.1) is 12.3 Å². The number of phenolic OH excluding ortho intramolecular Hbond substituents is 1. The molecule has 0 aliphatic rings. The van der Waals surface area contributed by atoms with Gasteiger partial charge in [0.2, 0.25) is 5.89 Å². The first kappa shape index (κ1) is 15.2. The van der Waals surface area contributed by atoms with Crippen LogP contribution in [-0.4, -0.2) is 16.7 Å². The molecule has 0 amide bonds. The maximum Gasteiger partial charge on any atom is 0.226 e. The number of oxazole rings is 1. The highest BCUT2D eigenvalue weighted by molar-refractivity contribution is 5.53. The van der Waals surface area contributed by atoms with Crippen molar-refractivity contribution in [3.8, 4) is 23.0 Å². The lowest BCUT2D eigenvalue weighted by Gasteiger charge is -2.08. The molecule has 0 aliphatic heterocycles. The van der Waals surface area contributed by atoms with Crippen LogP contribution in [0.25, 0.3) is 11.5 Å². The van der Waals surface area contributed by atoms with Crippen molar-refractivity contribution in [3.63, 3.8) is 0 Å². The molecule has 2 aromatic carbocycles. The Morgan fingerprint density at radius 1 is 1.09 bits per heavy atom. The highest BCUT2D eigenvalue weighted by atomic mass is 16.5. The van der Waals surface area contributed by atoms with Crippen molar-refractivity contribution in [3.05, 3.63) is 65.5 Å². The predicted octanol–water partition coefficient (Wildman–Crippen LogP) is 4.29. The van der Waals surface area contributed by atoms with E-state index < -0.39 is 0 Å². The standard InChI is InChI=1S/C19H19NO3/c1-13-8-9-16(21)12-18(13)22-11-10-17-14(2)23-19(20-17)15-6-4-3-5-7-15/h3-9,12,21H,10-11H2,1-2H3. The Kier molecular flexibility index (Phi) is 4.33. The molecule has 0 fully saturated rings. The van der Waals surface area contributed by atoms with E-state index in [9.17, 15) is 5.11 Å². The monoisotopic (exact) mass is 309 g/mol. The average molecular weight is 309 g/mol. The van der Waals surface area contributed by atoms with Crippen LogP contribution in [0, 0.1) is 13.8 Å². The molecule has 0 radical (unpaired) electrons. The number of phenols is 1. The number of hydrogen-bond acceptors (Lipinski definition) is 4. The van der Waals surface area contributed by atoms with Crippen molar-refractivity contribution in [2.75, 3.05) is 6.61 Å². The zero-order valence-electron chi connectivity index (χ0n) is 13.2. The summed E-state index contributed by atoms with van der Waals surface area (Å²) >= 11 is 0. The molecule has 1 N–H and O–H groups in total. The van der Waals surface area contributed by atoms with E-state index in [2.05, 4.69) is 4.98 Å². The van der Waals surface area contributed by atoms with Crippen LogP contribution in [0.4, 0.5) is 0 Å². The molecule has 0 aliphatic carbocycles. The highest BCUT2D eigenvalue weighted by Crippen LogP contribution is 2.24. The van der Waals surface area contributed by atoms with E-state index in [0.717, 1.165) is 22.6 Å². The Hall–Kier alpha value is -2.75. The summed E-state index contributed by atoms with van der Waals surface area (Å²) in [4.78, 5) is 4.56. The smallest absolute Gasteiger partial charge is 0.226 e. The Morgan fingerprint density at radius 2 is 1.87 bits per heavy atom. The fourth-order valence-electron chi connectivity index (χ4n) is 2.37. The first-order chi connectivity index (χ1) is 11.1. The first-order valence-electron chi connectivity index (χ1n) is 7.57. The van der Waals surface area contributed by atoms with Crippen LogP contribution in [0.15, 0.2) is 52.9 Å². The lowest BCUT2D eigenvalue weighted by molar-refractivity contribution is 0.315. The largest absolute Gasteiger partial charge is 0.508 e. The molecule has 0 unspecified atom stereocenters. The summed E-state index contributed by atoms with van der Waals surface area (Å²) in [6, 6.07) is 14.9. The molecule has 0 spiro atoms. The summed E-state index contributed by atoms with van der Waals surface area (Å²) in [5.41, 5.74) is 2.85. The van der Waals surface area contributed by atoms with Crippen LogP contribution in [0.3, 0.4) is 0 Å². The summed E-state index contributed by atoms with van der Waals surface area (Å²) < 4.78 is 11.5. The van der Waals surface area contributed by atoms with Gasteiger partial charge in [-0.1, -0.05) is 24.3 Å². The minimum atomic E-state index is 0.203. The lowest BCUT2D eigenvalue weighted by Crippen LogP contribution is -2.03. The number of aromatic hydroxyl groups is 1.